The van der Waals surface area contributed by atoms with Gasteiger partial charge in [0.25, 0.3) is 0 Å². The highest BCUT2D eigenvalue weighted by atomic mass is 32.2. The zero-order valence-corrected chi connectivity index (χ0v) is 18.4. The average Bonchev–Trinajstić information content (AvgIpc) is 3.36. The lowest BCUT2D eigenvalue weighted by atomic mass is 10.5. The molecule has 3 aromatic heterocycles. The molecule has 0 saturated carbocycles. The Bertz CT molecular complexity index is 698. The summed E-state index contributed by atoms with van der Waals surface area (Å²) in [5.41, 5.74) is 0.883. The van der Waals surface area contributed by atoms with Crippen molar-refractivity contribution in [3.63, 3.8) is 0 Å². The summed E-state index contributed by atoms with van der Waals surface area (Å²) in [6.45, 7) is 11.8. The van der Waals surface area contributed by atoms with Crippen molar-refractivity contribution in [1.29, 1.82) is 0 Å². The highest BCUT2D eigenvalue weighted by Crippen LogP contribution is 2.11. The second-order valence-electron chi connectivity index (χ2n) is 4.47. The van der Waals surface area contributed by atoms with E-state index < -0.39 is 9.84 Å². The van der Waals surface area contributed by atoms with E-state index in [0.29, 0.717) is 5.01 Å². The predicted octanol–water partition coefficient (Wildman–Crippen LogP) is 5.92. The predicted molar refractivity (Wildman–Crippen MR) is 110 cm³/mol. The molecule has 0 saturated heterocycles. The van der Waals surface area contributed by atoms with E-state index in [9.17, 15) is 8.42 Å². The third kappa shape index (κ3) is 17.0. The summed E-state index contributed by atoms with van der Waals surface area (Å²) in [6.07, 6.45) is 6.12. The van der Waals surface area contributed by atoms with E-state index in [-0.39, 0.29) is 5.75 Å². The molecule has 0 fully saturated rings. The van der Waals surface area contributed by atoms with Gasteiger partial charge < -0.3 is 8.83 Å². The van der Waals surface area contributed by atoms with Gasteiger partial charge in [-0.25, -0.2) is 13.4 Å². The molecular weight excluding hydrogens is 370 g/mol. The van der Waals surface area contributed by atoms with Crippen LogP contribution in [0.3, 0.4) is 0 Å². The first-order chi connectivity index (χ1) is 12.4. The van der Waals surface area contributed by atoms with Crippen LogP contribution in [0.25, 0.3) is 0 Å². The number of aromatic nitrogens is 1. The Morgan fingerprint density at radius 3 is 1.81 bits per heavy atom. The SMILES string of the molecule is CC.CC.Cc1ccco1.Cc1csc(CS(C)(=O)=O)n1.c1ccoc1. The van der Waals surface area contributed by atoms with Gasteiger partial charge in [0.15, 0.2) is 9.84 Å². The first-order valence-electron chi connectivity index (χ1n) is 8.43. The molecule has 0 aliphatic heterocycles. The largest absolute Gasteiger partial charge is 0.473 e. The quantitative estimate of drug-likeness (QED) is 0.533. The van der Waals surface area contributed by atoms with Crippen LogP contribution in [0.5, 0.6) is 0 Å². The van der Waals surface area contributed by atoms with Crippen molar-refractivity contribution in [2.24, 2.45) is 0 Å². The first-order valence-corrected chi connectivity index (χ1v) is 11.4. The number of nitrogens with zero attached hydrogens (tertiary/aromatic N) is 1. The smallest absolute Gasteiger partial charge is 0.153 e. The van der Waals surface area contributed by atoms with Crippen molar-refractivity contribution < 1.29 is 17.3 Å². The molecule has 0 aliphatic rings. The van der Waals surface area contributed by atoms with Crippen molar-refractivity contribution in [2.75, 3.05) is 6.26 Å². The number of hydrogen-bond donors (Lipinski definition) is 0. The molecule has 26 heavy (non-hydrogen) atoms. The Kier molecular flexibility index (Phi) is 16.8. The molecule has 0 aliphatic carbocycles. The van der Waals surface area contributed by atoms with Gasteiger partial charge in [-0.05, 0) is 38.1 Å². The lowest BCUT2D eigenvalue weighted by Gasteiger charge is -1.90. The molecule has 5 nitrogen and oxygen atoms in total. The maximum Gasteiger partial charge on any atom is 0.153 e. The molecule has 148 valence electrons. The van der Waals surface area contributed by atoms with Crippen molar-refractivity contribution in [3.8, 4) is 0 Å². The van der Waals surface area contributed by atoms with Gasteiger partial charge in [-0.3, -0.25) is 0 Å². The maximum absolute atomic E-state index is 10.8. The first kappa shape index (κ1) is 26.4. The summed E-state index contributed by atoms with van der Waals surface area (Å²) in [7, 11) is -2.92. The van der Waals surface area contributed by atoms with Crippen LogP contribution in [0, 0.1) is 13.8 Å². The number of furan rings is 2. The maximum atomic E-state index is 10.8. The second kappa shape index (κ2) is 16.6. The molecule has 3 rings (SSSR count). The Labute approximate surface area is 162 Å². The molecule has 3 aromatic rings. The molecule has 3 heterocycles. The van der Waals surface area contributed by atoms with Gasteiger partial charge in [0.2, 0.25) is 0 Å². The Morgan fingerprint density at radius 2 is 1.58 bits per heavy atom. The van der Waals surface area contributed by atoms with Gasteiger partial charge >= 0.3 is 0 Å². The van der Waals surface area contributed by atoms with Crippen molar-refractivity contribution in [1.82, 2.24) is 4.98 Å². The number of thiazole rings is 1. The second-order valence-corrected chi connectivity index (χ2v) is 7.55. The highest BCUT2D eigenvalue weighted by molar-refractivity contribution is 7.90. The number of sulfone groups is 1. The third-order valence-electron chi connectivity index (χ3n) is 2.14. The molecule has 0 amide bonds. The van der Waals surface area contributed by atoms with Crippen molar-refractivity contribution in [3.05, 3.63) is 64.9 Å². The fourth-order valence-electron chi connectivity index (χ4n) is 1.28. The van der Waals surface area contributed by atoms with E-state index in [4.69, 9.17) is 4.42 Å². The number of aryl methyl sites for hydroxylation is 2. The lowest BCUT2D eigenvalue weighted by Crippen LogP contribution is -1.99. The number of rotatable bonds is 2. The Morgan fingerprint density at radius 1 is 1.00 bits per heavy atom. The molecule has 0 unspecified atom stereocenters. The van der Waals surface area contributed by atoms with Crippen LogP contribution in [0.4, 0.5) is 0 Å². The van der Waals surface area contributed by atoms with E-state index in [1.165, 1.54) is 17.6 Å². The lowest BCUT2D eigenvalue weighted by molar-refractivity contribution is 0.534. The van der Waals surface area contributed by atoms with Gasteiger partial charge in [0.1, 0.15) is 16.5 Å². The minimum absolute atomic E-state index is 0.0610. The summed E-state index contributed by atoms with van der Waals surface area (Å²) < 4.78 is 31.0. The van der Waals surface area contributed by atoms with Crippen LogP contribution in [0.2, 0.25) is 0 Å². The summed E-state index contributed by atoms with van der Waals surface area (Å²) in [5.74, 6) is 1.03. The summed E-state index contributed by atoms with van der Waals surface area (Å²) in [5, 5.41) is 2.52. The van der Waals surface area contributed by atoms with Gasteiger partial charge in [-0.1, -0.05) is 27.7 Å². The standard InChI is InChI=1S/C6H9NO2S2.C5H6O.C4H4O.2C2H6/c1-5-3-10-6(7-5)4-11(2,8)9;1-5-3-2-4-6-5;1-2-4-5-3-1;2*1-2/h3H,4H2,1-2H3;2-4H,1H3;1-4H;2*1-2H3. The Hall–Kier alpha value is -1.86. The van der Waals surface area contributed by atoms with Crippen molar-refractivity contribution in [2.45, 2.75) is 47.3 Å². The summed E-state index contributed by atoms with van der Waals surface area (Å²) in [6, 6.07) is 7.45. The highest BCUT2D eigenvalue weighted by Gasteiger charge is 2.06. The molecule has 0 radical (unpaired) electrons. The van der Waals surface area contributed by atoms with E-state index in [1.54, 1.807) is 18.8 Å². The number of hydrogen-bond acceptors (Lipinski definition) is 6. The van der Waals surface area contributed by atoms with E-state index in [1.807, 2.05) is 71.2 Å². The molecule has 0 N–H and O–H groups in total. The van der Waals surface area contributed by atoms with Gasteiger partial charge in [0, 0.05) is 17.3 Å². The van der Waals surface area contributed by atoms with Crippen LogP contribution in [0.1, 0.15) is 44.2 Å². The summed E-state index contributed by atoms with van der Waals surface area (Å²) >= 11 is 1.39. The van der Waals surface area contributed by atoms with Crippen LogP contribution in [-0.4, -0.2) is 19.7 Å². The molecular formula is C19H31NO4S2. The van der Waals surface area contributed by atoms with Crippen LogP contribution in [0.15, 0.2) is 57.3 Å². The van der Waals surface area contributed by atoms with E-state index >= 15 is 0 Å². The monoisotopic (exact) mass is 401 g/mol. The van der Waals surface area contributed by atoms with Crippen LogP contribution in [-0.2, 0) is 15.6 Å². The fraction of sp³-hybridized carbons (Fsp3) is 0.421. The van der Waals surface area contributed by atoms with Crippen LogP contribution >= 0.6 is 11.3 Å². The molecule has 0 spiro atoms. The minimum Gasteiger partial charge on any atom is -0.473 e. The molecule has 0 aromatic carbocycles. The van der Waals surface area contributed by atoms with E-state index in [2.05, 4.69) is 9.40 Å². The normalized spacial score (nSPS) is 9.04. The summed E-state index contributed by atoms with van der Waals surface area (Å²) in [4.78, 5) is 4.04. The zero-order valence-electron chi connectivity index (χ0n) is 16.7. The van der Waals surface area contributed by atoms with E-state index in [0.717, 1.165) is 11.5 Å². The van der Waals surface area contributed by atoms with Crippen LogP contribution < -0.4 is 0 Å². The average molecular weight is 402 g/mol. The zero-order chi connectivity index (χ0) is 20.4. The topological polar surface area (TPSA) is 73.3 Å². The molecule has 0 atom stereocenters. The minimum atomic E-state index is -2.92. The Balaban J connectivity index is 0. The van der Waals surface area contributed by atoms with Gasteiger partial charge in [-0.15, -0.1) is 11.3 Å². The molecule has 0 bridgehead atoms. The van der Waals surface area contributed by atoms with Gasteiger partial charge in [0.05, 0.1) is 18.8 Å². The fourth-order valence-corrected chi connectivity index (χ4v) is 3.26. The van der Waals surface area contributed by atoms with Crippen molar-refractivity contribution >= 4 is 21.2 Å². The third-order valence-corrected chi connectivity index (χ3v) is 4.09. The molecule has 7 heteroatoms. The van der Waals surface area contributed by atoms with Gasteiger partial charge in [-0.2, -0.15) is 0 Å².